The van der Waals surface area contributed by atoms with E-state index in [2.05, 4.69) is 4.72 Å². The molecule has 1 aliphatic heterocycles. The molecule has 0 radical (unpaired) electrons. The third-order valence-corrected chi connectivity index (χ3v) is 5.60. The van der Waals surface area contributed by atoms with Crippen molar-refractivity contribution >= 4 is 27.5 Å². The molecular weight excluding hydrogens is 275 g/mol. The summed E-state index contributed by atoms with van der Waals surface area (Å²) in [7, 11) is -3.87. The SMILES string of the molecule is Nc1cccc(F)c1S(=O)(=O)NCC1CCSC1. The van der Waals surface area contributed by atoms with Crippen molar-refractivity contribution < 1.29 is 12.8 Å². The lowest BCUT2D eigenvalue weighted by Gasteiger charge is -2.12. The molecule has 1 atom stereocenters. The van der Waals surface area contributed by atoms with E-state index in [9.17, 15) is 12.8 Å². The molecule has 18 heavy (non-hydrogen) atoms. The fourth-order valence-electron chi connectivity index (χ4n) is 1.85. The number of halogens is 1. The Kier molecular flexibility index (Phi) is 4.14. The summed E-state index contributed by atoms with van der Waals surface area (Å²) in [4.78, 5) is -0.448. The van der Waals surface area contributed by atoms with Gasteiger partial charge in [0.25, 0.3) is 0 Å². The maximum atomic E-state index is 13.5. The normalized spacial score (nSPS) is 20.2. The number of sulfonamides is 1. The van der Waals surface area contributed by atoms with Gasteiger partial charge in [-0.25, -0.2) is 17.5 Å². The molecule has 4 nitrogen and oxygen atoms in total. The smallest absolute Gasteiger partial charge is 0.245 e. The number of anilines is 1. The van der Waals surface area contributed by atoms with Gasteiger partial charge in [-0.1, -0.05) is 6.07 Å². The van der Waals surface area contributed by atoms with Gasteiger partial charge < -0.3 is 5.73 Å². The molecule has 1 fully saturated rings. The molecule has 1 unspecified atom stereocenters. The van der Waals surface area contributed by atoms with Gasteiger partial charge in [0.1, 0.15) is 10.7 Å². The Morgan fingerprint density at radius 1 is 1.50 bits per heavy atom. The lowest BCUT2D eigenvalue weighted by Crippen LogP contribution is -2.30. The van der Waals surface area contributed by atoms with E-state index < -0.39 is 20.7 Å². The summed E-state index contributed by atoms with van der Waals surface area (Å²) < 4.78 is 40.0. The van der Waals surface area contributed by atoms with E-state index in [1.54, 1.807) is 11.8 Å². The molecule has 0 saturated carbocycles. The zero-order valence-electron chi connectivity index (χ0n) is 9.73. The highest BCUT2D eigenvalue weighted by molar-refractivity contribution is 7.99. The van der Waals surface area contributed by atoms with Crippen LogP contribution in [0, 0.1) is 11.7 Å². The van der Waals surface area contributed by atoms with Crippen LogP contribution in [0.3, 0.4) is 0 Å². The summed E-state index contributed by atoms with van der Waals surface area (Å²) in [5.41, 5.74) is 5.46. The van der Waals surface area contributed by atoms with Gasteiger partial charge in [0.05, 0.1) is 5.69 Å². The summed E-state index contributed by atoms with van der Waals surface area (Å²) in [5.74, 6) is 1.49. The number of hydrogen-bond donors (Lipinski definition) is 2. The van der Waals surface area contributed by atoms with E-state index in [1.807, 2.05) is 0 Å². The van der Waals surface area contributed by atoms with Crippen molar-refractivity contribution in [2.75, 3.05) is 23.8 Å². The predicted octanol–water partition coefficient (Wildman–Crippen LogP) is 1.44. The Labute approximate surface area is 110 Å². The van der Waals surface area contributed by atoms with Gasteiger partial charge in [-0.15, -0.1) is 0 Å². The quantitative estimate of drug-likeness (QED) is 0.823. The standard InChI is InChI=1S/C11H15FN2O2S2/c12-9-2-1-3-10(13)11(9)18(15,16)14-6-8-4-5-17-7-8/h1-3,8,14H,4-7,13H2. The Morgan fingerprint density at radius 3 is 2.89 bits per heavy atom. The maximum Gasteiger partial charge on any atom is 0.245 e. The van der Waals surface area contributed by atoms with Crippen molar-refractivity contribution in [2.45, 2.75) is 11.3 Å². The minimum Gasteiger partial charge on any atom is -0.398 e. The molecular formula is C11H15FN2O2S2. The predicted molar refractivity (Wildman–Crippen MR) is 71.4 cm³/mol. The Balaban J connectivity index is 2.15. The first kappa shape index (κ1) is 13.6. The molecule has 0 aliphatic carbocycles. The van der Waals surface area contributed by atoms with E-state index in [0.717, 1.165) is 24.0 Å². The molecule has 7 heteroatoms. The summed E-state index contributed by atoms with van der Waals surface area (Å²) in [5, 5.41) is 0. The highest BCUT2D eigenvalue weighted by Gasteiger charge is 2.24. The average molecular weight is 290 g/mol. The fourth-order valence-corrected chi connectivity index (χ4v) is 4.44. The zero-order valence-corrected chi connectivity index (χ0v) is 11.4. The first-order valence-corrected chi connectivity index (χ1v) is 8.26. The zero-order chi connectivity index (χ0) is 13.2. The van der Waals surface area contributed by atoms with Crippen LogP contribution in [-0.4, -0.2) is 26.5 Å². The topological polar surface area (TPSA) is 72.2 Å². The lowest BCUT2D eigenvalue weighted by molar-refractivity contribution is 0.535. The van der Waals surface area contributed by atoms with Gasteiger partial charge >= 0.3 is 0 Å². The monoisotopic (exact) mass is 290 g/mol. The molecule has 3 N–H and O–H groups in total. The molecule has 1 aromatic rings. The van der Waals surface area contributed by atoms with Gasteiger partial charge in [-0.05, 0) is 36.0 Å². The number of nitrogen functional groups attached to an aromatic ring is 1. The fraction of sp³-hybridized carbons (Fsp3) is 0.455. The van der Waals surface area contributed by atoms with Gasteiger partial charge in [0, 0.05) is 6.54 Å². The third-order valence-electron chi connectivity index (χ3n) is 2.85. The van der Waals surface area contributed by atoms with Gasteiger partial charge in [-0.2, -0.15) is 11.8 Å². The van der Waals surface area contributed by atoms with Crippen LogP contribution < -0.4 is 10.5 Å². The van der Waals surface area contributed by atoms with Crippen molar-refractivity contribution in [3.05, 3.63) is 24.0 Å². The Hall–Kier alpha value is -0.790. The first-order chi connectivity index (χ1) is 8.50. The molecule has 0 bridgehead atoms. The van der Waals surface area contributed by atoms with E-state index in [-0.39, 0.29) is 5.69 Å². The van der Waals surface area contributed by atoms with Gasteiger partial charge in [-0.3, -0.25) is 0 Å². The number of benzene rings is 1. The molecule has 0 spiro atoms. The van der Waals surface area contributed by atoms with Crippen molar-refractivity contribution in [3.63, 3.8) is 0 Å². The van der Waals surface area contributed by atoms with E-state index in [4.69, 9.17) is 5.73 Å². The molecule has 0 amide bonds. The first-order valence-electron chi connectivity index (χ1n) is 5.62. The molecule has 0 aromatic heterocycles. The second-order valence-corrected chi connectivity index (χ2v) is 7.09. The number of hydrogen-bond acceptors (Lipinski definition) is 4. The van der Waals surface area contributed by atoms with Crippen molar-refractivity contribution in [3.8, 4) is 0 Å². The number of nitrogens with one attached hydrogen (secondary N) is 1. The van der Waals surface area contributed by atoms with E-state index in [1.165, 1.54) is 12.1 Å². The second kappa shape index (κ2) is 5.46. The minimum absolute atomic E-state index is 0.0664. The molecule has 1 aromatic carbocycles. The molecule has 1 heterocycles. The number of rotatable bonds is 4. The Morgan fingerprint density at radius 2 is 2.28 bits per heavy atom. The number of thioether (sulfide) groups is 1. The molecule has 1 aliphatic rings. The largest absolute Gasteiger partial charge is 0.398 e. The van der Waals surface area contributed by atoms with Crippen molar-refractivity contribution in [1.82, 2.24) is 4.72 Å². The molecule has 100 valence electrons. The lowest BCUT2D eigenvalue weighted by atomic mass is 10.1. The highest BCUT2D eigenvalue weighted by atomic mass is 32.2. The highest BCUT2D eigenvalue weighted by Crippen LogP contribution is 2.24. The average Bonchev–Trinajstić information content (AvgIpc) is 2.78. The third kappa shape index (κ3) is 2.96. The van der Waals surface area contributed by atoms with Crippen molar-refractivity contribution in [1.29, 1.82) is 0 Å². The van der Waals surface area contributed by atoms with Crippen LogP contribution in [0.1, 0.15) is 6.42 Å². The van der Waals surface area contributed by atoms with Crippen LogP contribution in [-0.2, 0) is 10.0 Å². The van der Waals surface area contributed by atoms with Crippen LogP contribution in [0.15, 0.2) is 23.1 Å². The summed E-state index contributed by atoms with van der Waals surface area (Å²) in [6.45, 7) is 0.336. The Bertz CT molecular complexity index is 508. The van der Waals surface area contributed by atoms with Crippen LogP contribution >= 0.6 is 11.8 Å². The van der Waals surface area contributed by atoms with Crippen molar-refractivity contribution in [2.24, 2.45) is 5.92 Å². The summed E-state index contributed by atoms with van der Waals surface area (Å²) in [6.07, 6.45) is 0.986. The summed E-state index contributed by atoms with van der Waals surface area (Å²) in [6, 6.07) is 3.86. The number of nitrogens with two attached hydrogens (primary N) is 1. The summed E-state index contributed by atoms with van der Waals surface area (Å²) >= 11 is 1.80. The van der Waals surface area contributed by atoms with Crippen LogP contribution in [0.5, 0.6) is 0 Å². The molecule has 1 saturated heterocycles. The maximum absolute atomic E-state index is 13.5. The van der Waals surface area contributed by atoms with E-state index in [0.29, 0.717) is 12.5 Å². The van der Waals surface area contributed by atoms with Gasteiger partial charge in [0.2, 0.25) is 10.0 Å². The van der Waals surface area contributed by atoms with Gasteiger partial charge in [0.15, 0.2) is 0 Å². The van der Waals surface area contributed by atoms with Crippen LogP contribution in [0.25, 0.3) is 0 Å². The minimum atomic E-state index is -3.87. The second-order valence-electron chi connectivity index (χ2n) is 4.24. The van der Waals surface area contributed by atoms with E-state index >= 15 is 0 Å². The van der Waals surface area contributed by atoms with Crippen LogP contribution in [0.4, 0.5) is 10.1 Å². The molecule has 2 rings (SSSR count). The van der Waals surface area contributed by atoms with Crippen LogP contribution in [0.2, 0.25) is 0 Å².